The van der Waals surface area contributed by atoms with Crippen molar-refractivity contribution in [3.05, 3.63) is 76.9 Å². The first-order valence-electron chi connectivity index (χ1n) is 19.1. The molecule has 0 saturated carbocycles. The van der Waals surface area contributed by atoms with Gasteiger partial charge in [-0.25, -0.2) is 17.8 Å². The molecule has 3 N–H and O–H groups in total. The van der Waals surface area contributed by atoms with Gasteiger partial charge in [-0.1, -0.05) is 63.2 Å². The highest BCUT2D eigenvalue weighted by Crippen LogP contribution is 2.33. The number of rotatable bonds is 22. The lowest BCUT2D eigenvalue weighted by atomic mass is 9.99. The van der Waals surface area contributed by atoms with Crippen LogP contribution in [0.5, 0.6) is 0 Å². The summed E-state index contributed by atoms with van der Waals surface area (Å²) in [5.74, 6) is -2.10. The van der Waals surface area contributed by atoms with Gasteiger partial charge in [-0.3, -0.25) is 23.7 Å². The molecule has 53 heavy (non-hydrogen) atoms. The Kier molecular flexibility index (Phi) is 16.7. The largest absolute Gasteiger partial charge is 0.481 e. The van der Waals surface area contributed by atoms with E-state index in [1.165, 1.54) is 23.5 Å². The van der Waals surface area contributed by atoms with Crippen molar-refractivity contribution in [3.63, 3.8) is 0 Å². The van der Waals surface area contributed by atoms with E-state index in [0.717, 1.165) is 89.5 Å². The van der Waals surface area contributed by atoms with Crippen LogP contribution in [0.25, 0.3) is 10.9 Å². The maximum atomic E-state index is 14.0. The van der Waals surface area contributed by atoms with Gasteiger partial charge in [-0.15, -0.1) is 0 Å². The number of hydrogen-bond donors (Lipinski definition) is 3. The summed E-state index contributed by atoms with van der Waals surface area (Å²) in [5, 5.41) is 14.6. The number of aliphatic carboxylic acids is 1. The second-order valence-corrected chi connectivity index (χ2v) is 15.7. The number of halogens is 1. The fourth-order valence-electron chi connectivity index (χ4n) is 6.70. The average Bonchev–Trinajstić information content (AvgIpc) is 3.14. The molecule has 1 aliphatic heterocycles. The summed E-state index contributed by atoms with van der Waals surface area (Å²) in [7, 11) is -2.19. The SMILES string of the molecule is CNC(=O)c1cc(F)ccc1CNC(=O)c1nc(N2CCCCS2(=O)=O)c2cccnc2c1CCCCCCCC/C=C\CCCCCCCC(=O)O. The van der Waals surface area contributed by atoms with E-state index < -0.39 is 33.6 Å². The number of allylic oxidation sites excluding steroid dienone is 2. The third kappa shape index (κ3) is 12.6. The molecule has 0 spiro atoms. The Morgan fingerprint density at radius 2 is 1.58 bits per heavy atom. The predicted octanol–water partition coefficient (Wildman–Crippen LogP) is 7.63. The molecule has 3 heterocycles. The number of carbonyl (C=O) groups is 3. The Labute approximate surface area is 312 Å². The van der Waals surface area contributed by atoms with Crippen molar-refractivity contribution in [3.8, 4) is 0 Å². The van der Waals surface area contributed by atoms with Gasteiger partial charge in [-0.05, 0) is 87.6 Å². The molecule has 4 rings (SSSR count). The number of carbonyl (C=O) groups excluding carboxylic acids is 2. The molecule has 0 unspecified atom stereocenters. The first-order chi connectivity index (χ1) is 25.6. The number of aromatic nitrogens is 2. The molecule has 1 fully saturated rings. The number of unbranched alkanes of at least 4 members (excludes halogenated alkanes) is 11. The van der Waals surface area contributed by atoms with Crippen LogP contribution in [-0.2, 0) is 27.8 Å². The van der Waals surface area contributed by atoms with E-state index in [-0.39, 0.29) is 42.3 Å². The zero-order chi connectivity index (χ0) is 38.1. The number of nitrogens with one attached hydrogen (secondary N) is 2. The summed E-state index contributed by atoms with van der Waals surface area (Å²) >= 11 is 0. The monoisotopic (exact) mass is 751 g/mol. The molecule has 0 atom stereocenters. The van der Waals surface area contributed by atoms with E-state index in [4.69, 9.17) is 10.1 Å². The minimum Gasteiger partial charge on any atom is -0.481 e. The Balaban J connectivity index is 1.37. The van der Waals surface area contributed by atoms with Crippen LogP contribution in [0.2, 0.25) is 0 Å². The van der Waals surface area contributed by atoms with E-state index in [0.29, 0.717) is 41.3 Å². The highest BCUT2D eigenvalue weighted by atomic mass is 32.2. The summed E-state index contributed by atoms with van der Waals surface area (Å²) < 4.78 is 41.7. The molecule has 0 radical (unpaired) electrons. The average molecular weight is 752 g/mol. The molecule has 11 nitrogen and oxygen atoms in total. The number of hydrogen-bond acceptors (Lipinski definition) is 7. The number of sulfonamides is 1. The van der Waals surface area contributed by atoms with Crippen LogP contribution in [-0.4, -0.2) is 60.6 Å². The molecule has 288 valence electrons. The summed E-state index contributed by atoms with van der Waals surface area (Å²) in [4.78, 5) is 46.3. The van der Waals surface area contributed by atoms with Gasteiger partial charge in [-0.2, -0.15) is 0 Å². The van der Waals surface area contributed by atoms with Crippen LogP contribution in [0.15, 0.2) is 48.7 Å². The Bertz CT molecular complexity index is 1830. The molecule has 1 aromatic carbocycles. The first-order valence-corrected chi connectivity index (χ1v) is 20.7. The summed E-state index contributed by atoms with van der Waals surface area (Å²) in [6.45, 7) is 0.199. The van der Waals surface area contributed by atoms with Crippen LogP contribution in [0.3, 0.4) is 0 Å². The maximum absolute atomic E-state index is 14.0. The molecule has 2 aromatic heterocycles. The quantitative estimate of drug-likeness (QED) is 0.0698. The number of carboxylic acid groups (broad SMARTS) is 1. The van der Waals surface area contributed by atoms with Crippen molar-refractivity contribution in [1.29, 1.82) is 0 Å². The molecule has 13 heteroatoms. The van der Waals surface area contributed by atoms with Crippen LogP contribution < -0.4 is 14.9 Å². The van der Waals surface area contributed by atoms with Crippen molar-refractivity contribution in [2.75, 3.05) is 23.7 Å². The smallest absolute Gasteiger partial charge is 0.303 e. The maximum Gasteiger partial charge on any atom is 0.303 e. The second-order valence-electron chi connectivity index (χ2n) is 13.7. The molecule has 3 aromatic rings. The first kappa shape index (κ1) is 41.4. The van der Waals surface area contributed by atoms with E-state index >= 15 is 0 Å². The molecule has 0 bridgehead atoms. The van der Waals surface area contributed by atoms with Gasteiger partial charge in [0.2, 0.25) is 10.0 Å². The summed E-state index contributed by atoms with van der Waals surface area (Å²) in [5.41, 5.74) is 1.82. The summed E-state index contributed by atoms with van der Waals surface area (Å²) in [6, 6.07) is 7.35. The Hall–Kier alpha value is -4.39. The third-order valence-electron chi connectivity index (χ3n) is 9.60. The lowest BCUT2D eigenvalue weighted by Crippen LogP contribution is -2.39. The molecule has 1 saturated heterocycles. The van der Waals surface area contributed by atoms with Crippen molar-refractivity contribution in [1.82, 2.24) is 20.6 Å². The predicted molar refractivity (Wildman–Crippen MR) is 206 cm³/mol. The second kappa shape index (κ2) is 21.3. The zero-order valence-electron chi connectivity index (χ0n) is 30.9. The molecule has 1 aliphatic rings. The van der Waals surface area contributed by atoms with Crippen molar-refractivity contribution in [2.24, 2.45) is 0 Å². The lowest BCUT2D eigenvalue weighted by molar-refractivity contribution is -0.137. The minimum atomic E-state index is -3.64. The number of nitrogens with zero attached hydrogens (tertiary/aromatic N) is 3. The molecule has 0 aliphatic carbocycles. The Morgan fingerprint density at radius 1 is 0.906 bits per heavy atom. The zero-order valence-corrected chi connectivity index (χ0v) is 31.7. The van der Waals surface area contributed by atoms with Gasteiger partial charge in [0.15, 0.2) is 5.82 Å². The fourth-order valence-corrected chi connectivity index (χ4v) is 8.30. The highest BCUT2D eigenvalue weighted by Gasteiger charge is 2.31. The Morgan fingerprint density at radius 3 is 2.26 bits per heavy atom. The van der Waals surface area contributed by atoms with Crippen LogP contribution in [0, 0.1) is 5.82 Å². The number of anilines is 1. The van der Waals surface area contributed by atoms with Gasteiger partial charge in [0.25, 0.3) is 11.8 Å². The van der Waals surface area contributed by atoms with Gasteiger partial charge in [0.1, 0.15) is 11.5 Å². The number of amides is 2. The van der Waals surface area contributed by atoms with E-state index in [9.17, 15) is 27.2 Å². The van der Waals surface area contributed by atoms with Crippen LogP contribution >= 0.6 is 0 Å². The van der Waals surface area contributed by atoms with Crippen molar-refractivity contribution < 1.29 is 32.3 Å². The van der Waals surface area contributed by atoms with E-state index in [1.54, 1.807) is 18.3 Å². The van der Waals surface area contributed by atoms with E-state index in [2.05, 4.69) is 27.8 Å². The number of carboxylic acids is 1. The van der Waals surface area contributed by atoms with Gasteiger partial charge in [0.05, 0.1) is 11.3 Å². The van der Waals surface area contributed by atoms with Gasteiger partial charge < -0.3 is 15.7 Å². The molecule has 2 amide bonds. The third-order valence-corrected chi connectivity index (χ3v) is 11.4. The molecular weight excluding hydrogens is 698 g/mol. The van der Waals surface area contributed by atoms with Crippen molar-refractivity contribution >= 4 is 44.5 Å². The van der Waals surface area contributed by atoms with Gasteiger partial charge in [0, 0.05) is 49.3 Å². The standard InChI is InChI=1S/C40H54FN5O6S/c1-42-39(49)34-28-31(41)24-23-30(34)29-44-40(50)37-32(36-33(21-19-25-43-36)38(45-37)46-26-17-18-27-53(46,51)52)20-15-13-11-9-7-5-3-2-4-6-8-10-12-14-16-22-35(47)48/h2,4,19,21,23-25,28H,3,5-18,20,22,26-27,29H2,1H3,(H,42,49)(H,44,50)(H,47,48)/b4-2-. The highest BCUT2D eigenvalue weighted by molar-refractivity contribution is 7.92. The van der Waals surface area contributed by atoms with Crippen LogP contribution in [0.1, 0.15) is 135 Å². The topological polar surface area (TPSA) is 159 Å². The normalized spacial score (nSPS) is 14.1. The van der Waals surface area contributed by atoms with E-state index in [1.807, 2.05) is 0 Å². The molecular formula is C40H54FN5O6S. The number of benzene rings is 1. The van der Waals surface area contributed by atoms with Crippen LogP contribution in [0.4, 0.5) is 10.2 Å². The number of pyridine rings is 2. The minimum absolute atomic E-state index is 0.00165. The lowest BCUT2D eigenvalue weighted by Gasteiger charge is -2.29. The number of aryl methyl sites for hydroxylation is 1. The van der Waals surface area contributed by atoms with Crippen molar-refractivity contribution in [2.45, 2.75) is 116 Å². The van der Waals surface area contributed by atoms with Gasteiger partial charge >= 0.3 is 5.97 Å². The summed E-state index contributed by atoms with van der Waals surface area (Å²) in [6.07, 6.45) is 21.6. The fraction of sp³-hybridized carbons (Fsp3) is 0.525. The number of fused-ring (bicyclic) bond motifs is 1.